The minimum atomic E-state index is -0.333. The third-order valence-corrected chi connectivity index (χ3v) is 4.14. The number of benzene rings is 1. The van der Waals surface area contributed by atoms with Crippen molar-refractivity contribution in [1.82, 2.24) is 16.0 Å². The van der Waals surface area contributed by atoms with Crippen LogP contribution in [-0.4, -0.2) is 25.0 Å². The Morgan fingerprint density at radius 1 is 1.04 bits per heavy atom. The molecule has 0 aromatic heterocycles. The summed E-state index contributed by atoms with van der Waals surface area (Å²) in [5, 5.41) is 8.16. The summed E-state index contributed by atoms with van der Waals surface area (Å²) in [7, 11) is 0. The van der Waals surface area contributed by atoms with E-state index in [9.17, 15) is 9.59 Å². The second-order valence-corrected chi connectivity index (χ2v) is 6.23. The first-order valence-electron chi connectivity index (χ1n) is 8.65. The Bertz CT molecular complexity index is 579. The van der Waals surface area contributed by atoms with Crippen molar-refractivity contribution in [3.05, 3.63) is 47.0 Å². The van der Waals surface area contributed by atoms with Crippen molar-refractivity contribution in [2.75, 3.05) is 13.1 Å². The highest BCUT2D eigenvalue weighted by Crippen LogP contribution is 2.19. The van der Waals surface area contributed by atoms with Crippen molar-refractivity contribution in [3.8, 4) is 0 Å². The topological polar surface area (TPSA) is 70.2 Å². The fraction of sp³-hybridized carbons (Fsp3) is 0.474. The highest BCUT2D eigenvalue weighted by Gasteiger charge is 2.07. The van der Waals surface area contributed by atoms with E-state index in [2.05, 4.69) is 22.0 Å². The Morgan fingerprint density at radius 2 is 1.83 bits per heavy atom. The summed E-state index contributed by atoms with van der Waals surface area (Å²) in [6.45, 7) is 3.10. The smallest absolute Gasteiger partial charge is 0.315 e. The Labute approximate surface area is 143 Å². The first-order valence-corrected chi connectivity index (χ1v) is 8.65. The molecule has 0 fully saturated rings. The molecule has 1 aliphatic rings. The summed E-state index contributed by atoms with van der Waals surface area (Å²) in [4.78, 5) is 23.4. The van der Waals surface area contributed by atoms with Crippen LogP contribution < -0.4 is 16.0 Å². The zero-order valence-corrected chi connectivity index (χ0v) is 14.4. The largest absolute Gasteiger partial charge is 0.354 e. The van der Waals surface area contributed by atoms with Crippen molar-refractivity contribution in [2.45, 2.75) is 45.6 Å². The lowest BCUT2D eigenvalue weighted by Crippen LogP contribution is -2.42. The number of urea groups is 1. The number of nitrogens with one attached hydrogen (secondary N) is 3. The highest BCUT2D eigenvalue weighted by molar-refractivity contribution is 5.83. The maximum Gasteiger partial charge on any atom is 0.315 e. The van der Waals surface area contributed by atoms with Crippen LogP contribution in [0.3, 0.4) is 0 Å². The number of hydrogen-bond acceptors (Lipinski definition) is 2. The number of rotatable bonds is 7. The fourth-order valence-corrected chi connectivity index (χ4v) is 2.67. The highest BCUT2D eigenvalue weighted by atomic mass is 16.2. The summed E-state index contributed by atoms with van der Waals surface area (Å²) < 4.78 is 0. The van der Waals surface area contributed by atoms with Crippen LogP contribution in [0.5, 0.6) is 0 Å². The normalized spacial score (nSPS) is 13.8. The third-order valence-electron chi connectivity index (χ3n) is 4.14. The summed E-state index contributed by atoms with van der Waals surface area (Å²) in [5.74, 6) is -0.156. The quantitative estimate of drug-likeness (QED) is 0.673. The van der Waals surface area contributed by atoms with E-state index in [4.69, 9.17) is 0 Å². The number of allylic oxidation sites excluding steroid dienone is 1. The fourth-order valence-electron chi connectivity index (χ4n) is 2.67. The third kappa shape index (κ3) is 6.86. The van der Waals surface area contributed by atoms with Gasteiger partial charge < -0.3 is 16.0 Å². The van der Waals surface area contributed by atoms with Crippen molar-refractivity contribution in [3.63, 3.8) is 0 Å². The van der Waals surface area contributed by atoms with E-state index in [1.165, 1.54) is 24.0 Å². The standard InChI is InChI=1S/C19H27N3O2/c1-15-7-9-17(10-8-15)13-21-19(24)22-14-18(23)20-12-11-16-5-3-2-4-6-16/h5,7-10H,2-4,6,11-14H2,1H3,(H,20,23)(H2,21,22,24). The molecule has 0 heterocycles. The molecule has 130 valence electrons. The lowest BCUT2D eigenvalue weighted by molar-refractivity contribution is -0.120. The van der Waals surface area contributed by atoms with Crippen LogP contribution in [0.15, 0.2) is 35.9 Å². The van der Waals surface area contributed by atoms with Gasteiger partial charge >= 0.3 is 6.03 Å². The van der Waals surface area contributed by atoms with Crippen LogP contribution in [0.2, 0.25) is 0 Å². The van der Waals surface area contributed by atoms with Crippen molar-refractivity contribution in [1.29, 1.82) is 0 Å². The van der Waals surface area contributed by atoms with E-state index in [1.54, 1.807) is 0 Å². The molecule has 0 unspecified atom stereocenters. The van der Waals surface area contributed by atoms with E-state index < -0.39 is 0 Å². The number of carbonyl (C=O) groups excluding carboxylic acids is 2. The van der Waals surface area contributed by atoms with Gasteiger partial charge in [0.25, 0.3) is 0 Å². The molecule has 0 saturated carbocycles. The van der Waals surface area contributed by atoms with Gasteiger partial charge in [0.2, 0.25) is 5.91 Å². The predicted octanol–water partition coefficient (Wildman–Crippen LogP) is 2.80. The zero-order valence-electron chi connectivity index (χ0n) is 14.4. The Balaban J connectivity index is 1.56. The van der Waals surface area contributed by atoms with Crippen molar-refractivity contribution >= 4 is 11.9 Å². The summed E-state index contributed by atoms with van der Waals surface area (Å²) in [6.07, 6.45) is 8.03. The molecule has 1 aromatic rings. The zero-order chi connectivity index (χ0) is 17.2. The summed E-state index contributed by atoms with van der Waals surface area (Å²) >= 11 is 0. The van der Waals surface area contributed by atoms with Gasteiger partial charge in [-0.1, -0.05) is 41.5 Å². The van der Waals surface area contributed by atoms with Crippen LogP contribution >= 0.6 is 0 Å². The van der Waals surface area contributed by atoms with E-state index in [-0.39, 0.29) is 18.5 Å². The molecule has 5 heteroatoms. The van der Waals surface area contributed by atoms with Gasteiger partial charge in [-0.2, -0.15) is 0 Å². The molecule has 1 aromatic carbocycles. The Morgan fingerprint density at radius 3 is 2.54 bits per heavy atom. The number of amides is 3. The molecule has 0 radical (unpaired) electrons. The van der Waals surface area contributed by atoms with E-state index in [0.29, 0.717) is 13.1 Å². The first-order chi connectivity index (χ1) is 11.6. The van der Waals surface area contributed by atoms with Gasteiger partial charge in [-0.15, -0.1) is 0 Å². The molecule has 2 rings (SSSR count). The minimum Gasteiger partial charge on any atom is -0.354 e. The Kier molecular flexibility index (Phi) is 7.33. The molecule has 1 aliphatic carbocycles. The maximum atomic E-state index is 11.7. The van der Waals surface area contributed by atoms with Crippen LogP contribution in [-0.2, 0) is 11.3 Å². The van der Waals surface area contributed by atoms with E-state index in [0.717, 1.165) is 24.8 Å². The summed E-state index contributed by atoms with van der Waals surface area (Å²) in [5.41, 5.74) is 3.65. The molecule has 3 N–H and O–H groups in total. The van der Waals surface area contributed by atoms with Crippen molar-refractivity contribution < 1.29 is 9.59 Å². The van der Waals surface area contributed by atoms with Crippen LogP contribution in [0.25, 0.3) is 0 Å². The maximum absolute atomic E-state index is 11.7. The van der Waals surface area contributed by atoms with Gasteiger partial charge in [-0.05, 0) is 44.6 Å². The molecule has 24 heavy (non-hydrogen) atoms. The second kappa shape index (κ2) is 9.75. The molecular weight excluding hydrogens is 302 g/mol. The SMILES string of the molecule is Cc1ccc(CNC(=O)NCC(=O)NCCC2=CCCCC2)cc1. The lowest BCUT2D eigenvalue weighted by atomic mass is 9.97. The van der Waals surface area contributed by atoms with Gasteiger partial charge in [-0.25, -0.2) is 4.79 Å². The van der Waals surface area contributed by atoms with Crippen molar-refractivity contribution in [2.24, 2.45) is 0 Å². The molecule has 0 bridgehead atoms. The average molecular weight is 329 g/mol. The predicted molar refractivity (Wildman–Crippen MR) is 95.6 cm³/mol. The van der Waals surface area contributed by atoms with Crippen LogP contribution in [0, 0.1) is 6.92 Å². The molecule has 0 saturated heterocycles. The van der Waals surface area contributed by atoms with Gasteiger partial charge in [0.1, 0.15) is 0 Å². The van der Waals surface area contributed by atoms with E-state index >= 15 is 0 Å². The van der Waals surface area contributed by atoms with Gasteiger partial charge in [0, 0.05) is 13.1 Å². The molecular formula is C19H27N3O2. The molecule has 5 nitrogen and oxygen atoms in total. The monoisotopic (exact) mass is 329 g/mol. The first kappa shape index (κ1) is 18.0. The van der Waals surface area contributed by atoms with Gasteiger partial charge in [0.15, 0.2) is 0 Å². The molecule has 0 spiro atoms. The minimum absolute atomic E-state index is 0.00121. The van der Waals surface area contributed by atoms with Crippen LogP contribution in [0.4, 0.5) is 4.79 Å². The van der Waals surface area contributed by atoms with Gasteiger partial charge in [-0.3, -0.25) is 4.79 Å². The number of hydrogen-bond donors (Lipinski definition) is 3. The number of carbonyl (C=O) groups is 2. The average Bonchev–Trinajstić information content (AvgIpc) is 2.60. The Hall–Kier alpha value is -2.30. The molecule has 0 atom stereocenters. The lowest BCUT2D eigenvalue weighted by Gasteiger charge is -2.13. The molecule has 0 aliphatic heterocycles. The van der Waals surface area contributed by atoms with Gasteiger partial charge in [0.05, 0.1) is 6.54 Å². The molecule has 3 amide bonds. The number of aryl methyl sites for hydroxylation is 1. The van der Waals surface area contributed by atoms with Crippen LogP contribution in [0.1, 0.15) is 43.2 Å². The summed E-state index contributed by atoms with van der Waals surface area (Å²) in [6, 6.07) is 7.62. The van der Waals surface area contributed by atoms with E-state index in [1.807, 2.05) is 31.2 Å². The second-order valence-electron chi connectivity index (χ2n) is 6.23.